The minimum atomic E-state index is -2.90. The number of benzene rings is 1. The molecule has 1 saturated heterocycles. The SMILES string of the molecule is CN(C[C@H]1CC[C@H](n2cc(NC(=O)c3cnn4ccc(NCCC(C)(C)O)nc34)c(C(F)F)n2)CC1)[C@H]1CC[C@H](Nc2cccc3c2C(=O)N(C2CCC(=O)NC2=O)C3=O)CC1. The Bertz CT molecular complexity index is 2360. The molecular weight excluding hydrogens is 805 g/mol. The summed E-state index contributed by atoms with van der Waals surface area (Å²) in [6.07, 6.45) is 9.17. The number of alkyl halides is 2. The summed E-state index contributed by atoms with van der Waals surface area (Å²) in [7, 11) is 2.15. The van der Waals surface area contributed by atoms with Crippen molar-refractivity contribution in [3.05, 3.63) is 65.2 Å². The number of fused-ring (bicyclic) bond motifs is 2. The number of nitrogens with one attached hydrogen (secondary N) is 4. The third-order valence-electron chi connectivity index (χ3n) is 12.8. The lowest BCUT2D eigenvalue weighted by Gasteiger charge is -2.38. The van der Waals surface area contributed by atoms with Crippen LogP contribution < -0.4 is 21.3 Å². The van der Waals surface area contributed by atoms with Gasteiger partial charge in [0.05, 0.1) is 34.7 Å². The van der Waals surface area contributed by atoms with E-state index in [1.54, 1.807) is 49.0 Å². The van der Waals surface area contributed by atoms with Crippen LogP contribution in [0.15, 0.2) is 42.9 Å². The molecule has 19 heteroatoms. The molecule has 330 valence electrons. The molecule has 2 aliphatic carbocycles. The Morgan fingerprint density at radius 3 is 2.47 bits per heavy atom. The molecule has 5 amide bonds. The molecule has 5 heterocycles. The normalized spacial score (nSPS) is 23.3. The van der Waals surface area contributed by atoms with Gasteiger partial charge in [-0.05, 0) is 109 Å². The Morgan fingerprint density at radius 1 is 1.00 bits per heavy atom. The topological polar surface area (TPSA) is 208 Å². The number of amides is 5. The average Bonchev–Trinajstić information content (AvgIpc) is 3.92. The zero-order valence-corrected chi connectivity index (χ0v) is 35.1. The van der Waals surface area contributed by atoms with E-state index in [9.17, 15) is 37.9 Å². The van der Waals surface area contributed by atoms with Gasteiger partial charge in [0, 0.05) is 49.7 Å². The number of rotatable bonds is 14. The van der Waals surface area contributed by atoms with Crippen LogP contribution in [0.4, 0.5) is 26.0 Å². The van der Waals surface area contributed by atoms with Crippen LogP contribution in [0, 0.1) is 5.92 Å². The maximum absolute atomic E-state index is 14.3. The monoisotopic (exact) mass is 857 g/mol. The second-order valence-electron chi connectivity index (χ2n) is 17.7. The van der Waals surface area contributed by atoms with Crippen LogP contribution in [0.5, 0.6) is 0 Å². The standard InChI is InChI=1S/C43H53F2N11O6/c1-43(2,62)18-19-46-33-17-20-54-38(50-33)29(21-47-54)39(58)49-31-23-55(52-36(31)37(44)45)27-11-7-24(8-12-27)22-53(3)26-13-9-25(10-14-26)48-30-6-4-5-28-35(30)42(61)56(41(28)60)32-15-16-34(57)51-40(32)59/h4-6,17,20-21,23-27,32,37,48,62H,7-16,18-19,22H2,1-3H3,(H,46,50)(H,49,58)(H,51,57,59)/t24-,25-,26-,27-,32?. The number of nitrogens with zero attached hydrogens (tertiary/aromatic N) is 7. The third-order valence-corrected chi connectivity index (χ3v) is 12.8. The van der Waals surface area contributed by atoms with Gasteiger partial charge in [0.2, 0.25) is 11.8 Å². The van der Waals surface area contributed by atoms with Gasteiger partial charge in [-0.25, -0.2) is 18.3 Å². The second-order valence-corrected chi connectivity index (χ2v) is 17.7. The molecule has 5 N–H and O–H groups in total. The van der Waals surface area contributed by atoms with E-state index in [1.807, 2.05) is 0 Å². The van der Waals surface area contributed by atoms with Crippen molar-refractivity contribution in [2.75, 3.05) is 36.1 Å². The first kappa shape index (κ1) is 42.9. The number of piperidine rings is 1. The summed E-state index contributed by atoms with van der Waals surface area (Å²) in [5.41, 5.74) is 0.0561. The molecule has 0 bridgehead atoms. The largest absolute Gasteiger partial charge is 0.390 e. The molecule has 2 aliphatic heterocycles. The van der Waals surface area contributed by atoms with Crippen molar-refractivity contribution in [2.45, 2.75) is 121 Å². The minimum absolute atomic E-state index is 0.0540. The predicted molar refractivity (Wildman–Crippen MR) is 224 cm³/mol. The van der Waals surface area contributed by atoms with Gasteiger partial charge in [-0.2, -0.15) is 10.2 Å². The summed E-state index contributed by atoms with van der Waals surface area (Å²) in [5, 5.41) is 30.0. The molecule has 3 aromatic heterocycles. The number of aliphatic hydroxyl groups is 1. The van der Waals surface area contributed by atoms with E-state index < -0.39 is 53.3 Å². The van der Waals surface area contributed by atoms with E-state index in [1.165, 1.54) is 16.9 Å². The fourth-order valence-corrected chi connectivity index (χ4v) is 9.33. The Morgan fingerprint density at radius 2 is 1.76 bits per heavy atom. The molecule has 0 radical (unpaired) electrons. The van der Waals surface area contributed by atoms with Crippen molar-refractivity contribution < 1.29 is 37.9 Å². The average molecular weight is 858 g/mol. The Hall–Kier alpha value is -5.82. The number of anilines is 3. The van der Waals surface area contributed by atoms with E-state index in [0.717, 1.165) is 62.8 Å². The molecule has 8 rings (SSSR count). The van der Waals surface area contributed by atoms with Crippen LogP contribution in [0.25, 0.3) is 5.65 Å². The summed E-state index contributed by atoms with van der Waals surface area (Å²) in [6.45, 7) is 4.77. The lowest BCUT2D eigenvalue weighted by Crippen LogP contribution is -2.54. The van der Waals surface area contributed by atoms with Crippen molar-refractivity contribution in [1.29, 1.82) is 0 Å². The number of hydrogen-bond acceptors (Lipinski definition) is 12. The van der Waals surface area contributed by atoms with Gasteiger partial charge in [-0.1, -0.05) is 6.07 Å². The summed E-state index contributed by atoms with van der Waals surface area (Å²) in [5.74, 6) is -1.83. The van der Waals surface area contributed by atoms with Crippen molar-refractivity contribution in [3.63, 3.8) is 0 Å². The molecule has 1 atom stereocenters. The van der Waals surface area contributed by atoms with E-state index in [2.05, 4.69) is 48.4 Å². The highest BCUT2D eigenvalue weighted by molar-refractivity contribution is 6.25. The van der Waals surface area contributed by atoms with Gasteiger partial charge in [0.1, 0.15) is 17.4 Å². The minimum Gasteiger partial charge on any atom is -0.390 e. The number of hydrogen-bond donors (Lipinski definition) is 5. The molecule has 3 fully saturated rings. The van der Waals surface area contributed by atoms with Crippen LogP contribution in [0.3, 0.4) is 0 Å². The highest BCUT2D eigenvalue weighted by atomic mass is 19.3. The summed E-state index contributed by atoms with van der Waals surface area (Å²) in [6, 6.07) is 6.17. The number of halogens is 2. The fraction of sp³-hybridized carbons (Fsp3) is 0.535. The van der Waals surface area contributed by atoms with Crippen LogP contribution in [0.2, 0.25) is 0 Å². The predicted octanol–water partition coefficient (Wildman–Crippen LogP) is 5.18. The summed E-state index contributed by atoms with van der Waals surface area (Å²) >= 11 is 0. The fourth-order valence-electron chi connectivity index (χ4n) is 9.33. The van der Waals surface area contributed by atoms with Crippen molar-refractivity contribution in [2.24, 2.45) is 5.92 Å². The van der Waals surface area contributed by atoms with Gasteiger partial charge < -0.3 is 26.0 Å². The van der Waals surface area contributed by atoms with Crippen LogP contribution in [-0.4, -0.2) is 113 Å². The quantitative estimate of drug-likeness (QED) is 0.104. The molecule has 4 aromatic rings. The van der Waals surface area contributed by atoms with Gasteiger partial charge in [0.15, 0.2) is 11.3 Å². The first-order valence-corrected chi connectivity index (χ1v) is 21.4. The van der Waals surface area contributed by atoms with E-state index in [4.69, 9.17) is 0 Å². The first-order valence-electron chi connectivity index (χ1n) is 21.4. The number of carbonyl (C=O) groups excluding carboxylic acids is 5. The van der Waals surface area contributed by atoms with Crippen LogP contribution in [0.1, 0.15) is 134 Å². The first-order chi connectivity index (χ1) is 29.6. The number of aromatic nitrogens is 5. The highest BCUT2D eigenvalue weighted by Crippen LogP contribution is 2.37. The molecule has 4 aliphatic rings. The number of carbonyl (C=O) groups is 5. The zero-order valence-electron chi connectivity index (χ0n) is 35.1. The van der Waals surface area contributed by atoms with E-state index in [-0.39, 0.29) is 53.0 Å². The summed E-state index contributed by atoms with van der Waals surface area (Å²) < 4.78 is 31.5. The molecular formula is C43H53F2N11O6. The van der Waals surface area contributed by atoms with Crippen LogP contribution >= 0.6 is 0 Å². The molecule has 17 nitrogen and oxygen atoms in total. The van der Waals surface area contributed by atoms with Crippen molar-refractivity contribution in [3.8, 4) is 0 Å². The Kier molecular flexibility index (Phi) is 12.1. The third kappa shape index (κ3) is 9.04. The van der Waals surface area contributed by atoms with Gasteiger partial charge in [-0.3, -0.25) is 38.9 Å². The molecule has 2 saturated carbocycles. The Balaban J connectivity index is 0.821. The maximum atomic E-state index is 14.3. The maximum Gasteiger partial charge on any atom is 0.284 e. The van der Waals surface area contributed by atoms with E-state index in [0.29, 0.717) is 36.4 Å². The zero-order chi connectivity index (χ0) is 43.9. The Labute approximate surface area is 357 Å². The summed E-state index contributed by atoms with van der Waals surface area (Å²) in [4.78, 5) is 72.4. The van der Waals surface area contributed by atoms with E-state index >= 15 is 0 Å². The smallest absolute Gasteiger partial charge is 0.284 e. The van der Waals surface area contributed by atoms with Gasteiger partial charge >= 0.3 is 0 Å². The van der Waals surface area contributed by atoms with Crippen molar-refractivity contribution in [1.82, 2.24) is 39.5 Å². The molecule has 1 unspecified atom stereocenters. The lowest BCUT2D eigenvalue weighted by atomic mass is 9.84. The van der Waals surface area contributed by atoms with Crippen molar-refractivity contribution >= 4 is 52.4 Å². The van der Waals surface area contributed by atoms with Gasteiger partial charge in [-0.15, -0.1) is 0 Å². The molecule has 0 spiro atoms. The van der Waals surface area contributed by atoms with Gasteiger partial charge in [0.25, 0.3) is 24.1 Å². The second kappa shape index (κ2) is 17.5. The van der Waals surface area contributed by atoms with Crippen LogP contribution in [-0.2, 0) is 9.59 Å². The molecule has 62 heavy (non-hydrogen) atoms. The lowest BCUT2D eigenvalue weighted by molar-refractivity contribution is -0.136. The highest BCUT2D eigenvalue weighted by Gasteiger charge is 2.46. The number of imide groups is 2. The molecule has 1 aromatic carbocycles.